The van der Waals surface area contributed by atoms with E-state index in [-0.39, 0.29) is 0 Å². The highest BCUT2D eigenvalue weighted by Gasteiger charge is 2.23. The van der Waals surface area contributed by atoms with E-state index in [1.807, 2.05) is 60.7 Å². The Morgan fingerprint density at radius 2 is 1.79 bits per heavy atom. The zero-order valence-corrected chi connectivity index (χ0v) is 18.5. The van der Waals surface area contributed by atoms with Gasteiger partial charge in [-0.1, -0.05) is 48.5 Å². The van der Waals surface area contributed by atoms with Crippen molar-refractivity contribution in [2.75, 3.05) is 43.7 Å². The van der Waals surface area contributed by atoms with Crippen LogP contribution in [0.2, 0.25) is 0 Å². The molecular formula is C26H26N4O3. The number of fused-ring (bicyclic) bond motifs is 2. The van der Waals surface area contributed by atoms with Gasteiger partial charge in [-0.15, -0.1) is 0 Å². The van der Waals surface area contributed by atoms with Crippen LogP contribution in [0.25, 0.3) is 10.9 Å². The molecule has 1 aliphatic heterocycles. The molecule has 0 unspecified atom stereocenters. The average Bonchev–Trinajstić information content (AvgIpc) is 2.88. The maximum absolute atomic E-state index is 6.00. The fourth-order valence-electron chi connectivity index (χ4n) is 3.88. The summed E-state index contributed by atoms with van der Waals surface area (Å²) in [7, 11) is 1.66. The summed E-state index contributed by atoms with van der Waals surface area (Å²) >= 11 is 0. The number of rotatable bonds is 8. The largest absolute Gasteiger partial charge is 0.490 e. The Morgan fingerprint density at radius 1 is 0.939 bits per heavy atom. The lowest BCUT2D eigenvalue weighted by atomic mass is 10.2. The van der Waals surface area contributed by atoms with Crippen LogP contribution in [0.5, 0.6) is 11.5 Å². The average molecular weight is 443 g/mol. The fraction of sp³-hybridized carbons (Fsp3) is 0.231. The van der Waals surface area contributed by atoms with Crippen molar-refractivity contribution in [3.05, 3.63) is 78.4 Å². The molecule has 0 atom stereocenters. The number of ether oxygens (including phenoxy) is 3. The second-order valence-electron chi connectivity index (χ2n) is 7.67. The standard InChI is InChI=1S/C26H26N4O3/c1-31-16-17-33-23-13-7-10-20-24(23)28-26(29-25(20)27-18-19-8-3-2-4-9-19)30-14-15-32-22-12-6-5-11-21(22)30/h2-13H,14-18H2,1H3,(H,27,28,29). The van der Waals surface area contributed by atoms with Gasteiger partial charge in [-0.05, 0) is 29.8 Å². The lowest BCUT2D eigenvalue weighted by molar-refractivity contribution is 0.147. The first-order valence-corrected chi connectivity index (χ1v) is 11.0. The number of anilines is 3. The molecule has 0 bridgehead atoms. The summed E-state index contributed by atoms with van der Waals surface area (Å²) < 4.78 is 17.0. The van der Waals surface area contributed by atoms with Crippen LogP contribution in [0.3, 0.4) is 0 Å². The zero-order chi connectivity index (χ0) is 22.5. The summed E-state index contributed by atoms with van der Waals surface area (Å²) in [6.45, 7) is 2.83. The van der Waals surface area contributed by atoms with E-state index in [9.17, 15) is 0 Å². The van der Waals surface area contributed by atoms with Crippen molar-refractivity contribution in [1.29, 1.82) is 0 Å². The number of methoxy groups -OCH3 is 1. The third-order valence-corrected chi connectivity index (χ3v) is 5.50. The van der Waals surface area contributed by atoms with Crippen LogP contribution in [0, 0.1) is 0 Å². The van der Waals surface area contributed by atoms with Crippen molar-refractivity contribution in [2.45, 2.75) is 6.54 Å². The van der Waals surface area contributed by atoms with Gasteiger partial charge in [0.15, 0.2) is 0 Å². The Labute approximate surface area is 193 Å². The van der Waals surface area contributed by atoms with Crippen molar-refractivity contribution >= 4 is 28.4 Å². The number of hydrogen-bond donors (Lipinski definition) is 1. The van der Waals surface area contributed by atoms with Crippen LogP contribution < -0.4 is 19.7 Å². The predicted molar refractivity (Wildman–Crippen MR) is 130 cm³/mol. The normalized spacial score (nSPS) is 12.8. The molecule has 1 aliphatic rings. The van der Waals surface area contributed by atoms with Crippen LogP contribution in [-0.4, -0.2) is 43.4 Å². The summed E-state index contributed by atoms with van der Waals surface area (Å²) in [5.74, 6) is 2.91. The van der Waals surface area contributed by atoms with Crippen LogP contribution in [0.4, 0.5) is 17.5 Å². The summed E-state index contributed by atoms with van der Waals surface area (Å²) in [5.41, 5.74) is 2.89. The van der Waals surface area contributed by atoms with E-state index >= 15 is 0 Å². The van der Waals surface area contributed by atoms with Gasteiger partial charge < -0.3 is 24.4 Å². The van der Waals surface area contributed by atoms with Crippen molar-refractivity contribution in [3.8, 4) is 11.5 Å². The third-order valence-electron chi connectivity index (χ3n) is 5.50. The molecule has 7 heteroatoms. The highest BCUT2D eigenvalue weighted by molar-refractivity contribution is 5.94. The van der Waals surface area contributed by atoms with Gasteiger partial charge in [-0.2, -0.15) is 4.98 Å². The molecule has 5 rings (SSSR count). The zero-order valence-electron chi connectivity index (χ0n) is 18.5. The Morgan fingerprint density at radius 3 is 2.67 bits per heavy atom. The van der Waals surface area contributed by atoms with Gasteiger partial charge in [0.25, 0.3) is 0 Å². The van der Waals surface area contributed by atoms with Gasteiger partial charge in [0.05, 0.1) is 18.8 Å². The van der Waals surface area contributed by atoms with E-state index < -0.39 is 0 Å². The smallest absolute Gasteiger partial charge is 0.232 e. The van der Waals surface area contributed by atoms with Gasteiger partial charge in [-0.3, -0.25) is 0 Å². The monoisotopic (exact) mass is 442 g/mol. The molecule has 0 aliphatic carbocycles. The molecule has 4 aromatic rings. The molecule has 3 aromatic carbocycles. The summed E-state index contributed by atoms with van der Waals surface area (Å²) in [5, 5.41) is 4.42. The Bertz CT molecular complexity index is 1230. The van der Waals surface area contributed by atoms with Crippen LogP contribution in [0.15, 0.2) is 72.8 Å². The molecule has 168 valence electrons. The summed E-state index contributed by atoms with van der Waals surface area (Å²) in [6, 6.07) is 24.1. The van der Waals surface area contributed by atoms with E-state index in [1.165, 1.54) is 5.56 Å². The van der Waals surface area contributed by atoms with E-state index in [0.717, 1.165) is 28.2 Å². The second-order valence-corrected chi connectivity index (χ2v) is 7.67. The highest BCUT2D eigenvalue weighted by Crippen LogP contribution is 2.37. The van der Waals surface area contributed by atoms with Gasteiger partial charge in [0, 0.05) is 19.0 Å². The molecule has 0 saturated carbocycles. The maximum Gasteiger partial charge on any atom is 0.232 e. The molecule has 1 aromatic heterocycles. The van der Waals surface area contributed by atoms with Crippen molar-refractivity contribution in [2.24, 2.45) is 0 Å². The van der Waals surface area contributed by atoms with Crippen LogP contribution in [0.1, 0.15) is 5.56 Å². The van der Waals surface area contributed by atoms with E-state index in [2.05, 4.69) is 22.3 Å². The van der Waals surface area contributed by atoms with E-state index in [4.69, 9.17) is 24.2 Å². The van der Waals surface area contributed by atoms with E-state index in [1.54, 1.807) is 7.11 Å². The second kappa shape index (κ2) is 9.75. The Balaban J connectivity index is 1.58. The van der Waals surface area contributed by atoms with Gasteiger partial charge in [0.2, 0.25) is 5.95 Å². The highest BCUT2D eigenvalue weighted by atomic mass is 16.5. The third kappa shape index (κ3) is 4.54. The van der Waals surface area contributed by atoms with Gasteiger partial charge >= 0.3 is 0 Å². The molecule has 1 N–H and O–H groups in total. The van der Waals surface area contributed by atoms with Crippen molar-refractivity contribution in [1.82, 2.24) is 9.97 Å². The summed E-state index contributed by atoms with van der Waals surface area (Å²) in [4.78, 5) is 12.0. The van der Waals surface area contributed by atoms with Crippen LogP contribution in [-0.2, 0) is 11.3 Å². The number of para-hydroxylation sites is 3. The molecule has 7 nitrogen and oxygen atoms in total. The summed E-state index contributed by atoms with van der Waals surface area (Å²) in [6.07, 6.45) is 0. The fourth-order valence-corrected chi connectivity index (χ4v) is 3.88. The SMILES string of the molecule is COCCOc1cccc2c(NCc3ccccc3)nc(N3CCOc4ccccc43)nc12. The van der Waals surface area contributed by atoms with Crippen LogP contribution >= 0.6 is 0 Å². The number of hydrogen-bond acceptors (Lipinski definition) is 7. The molecule has 33 heavy (non-hydrogen) atoms. The topological polar surface area (TPSA) is 68.7 Å². The Hall–Kier alpha value is -3.84. The number of nitrogens with one attached hydrogen (secondary N) is 1. The molecular weight excluding hydrogens is 416 g/mol. The van der Waals surface area contributed by atoms with Gasteiger partial charge in [-0.25, -0.2) is 4.98 Å². The number of benzene rings is 3. The molecule has 0 saturated heterocycles. The number of nitrogens with zero attached hydrogens (tertiary/aromatic N) is 3. The number of aromatic nitrogens is 2. The lowest BCUT2D eigenvalue weighted by Gasteiger charge is -2.30. The molecule has 0 fully saturated rings. The first-order chi connectivity index (χ1) is 16.3. The minimum atomic E-state index is 0.447. The predicted octanol–water partition coefficient (Wildman–Crippen LogP) is 4.80. The van der Waals surface area contributed by atoms with E-state index in [0.29, 0.717) is 44.6 Å². The minimum Gasteiger partial charge on any atom is -0.490 e. The lowest BCUT2D eigenvalue weighted by Crippen LogP contribution is -2.30. The Kier molecular flexibility index (Phi) is 6.21. The van der Waals surface area contributed by atoms with Crippen molar-refractivity contribution < 1.29 is 14.2 Å². The minimum absolute atomic E-state index is 0.447. The van der Waals surface area contributed by atoms with Gasteiger partial charge in [0.1, 0.15) is 36.0 Å². The molecule has 0 radical (unpaired) electrons. The van der Waals surface area contributed by atoms with Crippen molar-refractivity contribution in [3.63, 3.8) is 0 Å². The molecule has 0 amide bonds. The first kappa shape index (κ1) is 21.0. The molecule has 2 heterocycles. The first-order valence-electron chi connectivity index (χ1n) is 11.0. The molecule has 0 spiro atoms. The maximum atomic E-state index is 6.00. The quantitative estimate of drug-likeness (QED) is 0.393.